The Kier molecular flexibility index (Phi) is 3.88. The predicted molar refractivity (Wildman–Crippen MR) is 70.4 cm³/mol. The molecule has 106 valence electrons. The van der Waals surface area contributed by atoms with Crippen LogP contribution in [0, 0.1) is 5.82 Å². The van der Waals surface area contributed by atoms with Crippen LogP contribution in [-0.2, 0) is 6.54 Å². The first-order chi connectivity index (χ1) is 9.51. The number of carbonyl (C=O) groups is 1. The number of anilines is 1. The van der Waals surface area contributed by atoms with Crippen LogP contribution in [0.4, 0.5) is 10.1 Å². The Hall–Kier alpha value is -2.57. The first-order valence-electron chi connectivity index (χ1n) is 6.04. The van der Waals surface area contributed by atoms with Gasteiger partial charge in [0.15, 0.2) is 11.5 Å². The number of aromatic carboxylic acids is 1. The van der Waals surface area contributed by atoms with Crippen molar-refractivity contribution in [3.63, 3.8) is 0 Å². The van der Waals surface area contributed by atoms with Gasteiger partial charge in [0.25, 0.3) is 0 Å². The van der Waals surface area contributed by atoms with Gasteiger partial charge in [-0.25, -0.2) is 9.18 Å². The summed E-state index contributed by atoms with van der Waals surface area (Å²) >= 11 is 0. The fourth-order valence-electron chi connectivity index (χ4n) is 1.70. The molecule has 1 heterocycles. The standard InChI is InChI=1S/C13H14FN3O3/c1-2-3-17-7-8(6-16-17)20-12-5-10(14)9(13(18)19)4-11(12)15/h4-7H,2-3,15H2,1H3,(H,18,19). The van der Waals surface area contributed by atoms with E-state index in [0.29, 0.717) is 5.75 Å². The molecule has 0 aliphatic carbocycles. The first-order valence-corrected chi connectivity index (χ1v) is 6.04. The highest BCUT2D eigenvalue weighted by Crippen LogP contribution is 2.29. The third-order valence-corrected chi connectivity index (χ3v) is 2.62. The van der Waals surface area contributed by atoms with Crippen molar-refractivity contribution in [1.82, 2.24) is 9.78 Å². The molecule has 7 heteroatoms. The van der Waals surface area contributed by atoms with E-state index in [0.717, 1.165) is 25.1 Å². The lowest BCUT2D eigenvalue weighted by Crippen LogP contribution is -2.03. The van der Waals surface area contributed by atoms with Gasteiger partial charge < -0.3 is 15.6 Å². The lowest BCUT2D eigenvalue weighted by molar-refractivity contribution is 0.0692. The van der Waals surface area contributed by atoms with Crippen molar-refractivity contribution >= 4 is 11.7 Å². The van der Waals surface area contributed by atoms with E-state index in [1.54, 1.807) is 10.9 Å². The molecule has 20 heavy (non-hydrogen) atoms. The lowest BCUT2D eigenvalue weighted by Gasteiger charge is -2.08. The minimum Gasteiger partial charge on any atom is -0.478 e. The highest BCUT2D eigenvalue weighted by molar-refractivity contribution is 5.89. The molecule has 3 N–H and O–H groups in total. The van der Waals surface area contributed by atoms with E-state index in [1.165, 1.54) is 6.20 Å². The fourth-order valence-corrected chi connectivity index (χ4v) is 1.70. The van der Waals surface area contributed by atoms with Gasteiger partial charge in [-0.1, -0.05) is 6.92 Å². The highest BCUT2D eigenvalue weighted by Gasteiger charge is 2.15. The fraction of sp³-hybridized carbons (Fsp3) is 0.231. The second kappa shape index (κ2) is 5.60. The molecular weight excluding hydrogens is 265 g/mol. The van der Waals surface area contributed by atoms with Crippen LogP contribution in [0.25, 0.3) is 0 Å². The normalized spacial score (nSPS) is 10.5. The number of carboxylic acid groups (broad SMARTS) is 1. The van der Waals surface area contributed by atoms with Crippen molar-refractivity contribution in [2.45, 2.75) is 19.9 Å². The van der Waals surface area contributed by atoms with Gasteiger partial charge >= 0.3 is 5.97 Å². The summed E-state index contributed by atoms with van der Waals surface area (Å²) < 4.78 is 20.7. The maximum Gasteiger partial charge on any atom is 0.338 e. The van der Waals surface area contributed by atoms with Gasteiger partial charge in [-0.2, -0.15) is 5.10 Å². The molecule has 2 rings (SSSR count). The van der Waals surface area contributed by atoms with Crippen LogP contribution >= 0.6 is 0 Å². The molecule has 0 saturated heterocycles. The molecule has 0 aliphatic rings. The maximum absolute atomic E-state index is 13.6. The molecule has 0 aliphatic heterocycles. The Bertz CT molecular complexity index is 640. The van der Waals surface area contributed by atoms with E-state index in [4.69, 9.17) is 15.6 Å². The second-order valence-electron chi connectivity index (χ2n) is 4.22. The van der Waals surface area contributed by atoms with Crippen LogP contribution in [0.3, 0.4) is 0 Å². The molecule has 0 spiro atoms. The number of aromatic nitrogens is 2. The average Bonchev–Trinajstić information content (AvgIpc) is 2.81. The van der Waals surface area contributed by atoms with E-state index in [1.807, 2.05) is 6.92 Å². The van der Waals surface area contributed by atoms with Crippen LogP contribution in [0.1, 0.15) is 23.7 Å². The Morgan fingerprint density at radius 2 is 2.30 bits per heavy atom. The van der Waals surface area contributed by atoms with Crippen LogP contribution in [0.15, 0.2) is 24.5 Å². The summed E-state index contributed by atoms with van der Waals surface area (Å²) in [5.74, 6) is -1.81. The van der Waals surface area contributed by atoms with Gasteiger partial charge in [0, 0.05) is 12.6 Å². The number of halogens is 1. The summed E-state index contributed by atoms with van der Waals surface area (Å²) in [5, 5.41) is 12.8. The smallest absolute Gasteiger partial charge is 0.338 e. The zero-order valence-corrected chi connectivity index (χ0v) is 10.8. The summed E-state index contributed by atoms with van der Waals surface area (Å²) in [5.41, 5.74) is 5.22. The molecule has 0 atom stereocenters. The summed E-state index contributed by atoms with van der Waals surface area (Å²) in [6.07, 6.45) is 4.06. The van der Waals surface area contributed by atoms with Crippen LogP contribution in [-0.4, -0.2) is 20.9 Å². The Balaban J connectivity index is 2.24. The van der Waals surface area contributed by atoms with Crippen molar-refractivity contribution in [3.05, 3.63) is 35.9 Å². The number of nitrogen functional groups attached to an aromatic ring is 1. The van der Waals surface area contributed by atoms with Crippen molar-refractivity contribution < 1.29 is 19.0 Å². The van der Waals surface area contributed by atoms with Crippen LogP contribution in [0.2, 0.25) is 0 Å². The SMILES string of the molecule is CCCn1cc(Oc2cc(F)c(C(=O)O)cc2N)cn1. The zero-order chi connectivity index (χ0) is 14.7. The Labute approximate surface area is 114 Å². The Morgan fingerprint density at radius 3 is 2.95 bits per heavy atom. The number of nitrogens with two attached hydrogens (primary N) is 1. The van der Waals surface area contributed by atoms with E-state index in [2.05, 4.69) is 5.10 Å². The van der Waals surface area contributed by atoms with Gasteiger partial charge in [0.05, 0.1) is 23.6 Å². The topological polar surface area (TPSA) is 90.4 Å². The monoisotopic (exact) mass is 279 g/mol. The summed E-state index contributed by atoms with van der Waals surface area (Å²) in [7, 11) is 0. The molecular formula is C13H14FN3O3. The number of rotatable bonds is 5. The minimum atomic E-state index is -1.38. The zero-order valence-electron chi connectivity index (χ0n) is 10.8. The molecule has 0 saturated carbocycles. The molecule has 0 bridgehead atoms. The van der Waals surface area contributed by atoms with Crippen molar-refractivity contribution in [3.8, 4) is 11.5 Å². The number of benzene rings is 1. The molecule has 1 aromatic heterocycles. The van der Waals surface area contributed by atoms with Crippen LogP contribution < -0.4 is 10.5 Å². The molecule has 1 aromatic carbocycles. The highest BCUT2D eigenvalue weighted by atomic mass is 19.1. The van der Waals surface area contributed by atoms with Crippen LogP contribution in [0.5, 0.6) is 11.5 Å². The molecule has 0 unspecified atom stereocenters. The minimum absolute atomic E-state index is 0.0482. The second-order valence-corrected chi connectivity index (χ2v) is 4.22. The number of carboxylic acids is 1. The summed E-state index contributed by atoms with van der Waals surface area (Å²) in [6.45, 7) is 2.76. The quantitative estimate of drug-likeness (QED) is 0.821. The van der Waals surface area contributed by atoms with Gasteiger partial charge in [-0.3, -0.25) is 4.68 Å². The molecule has 0 amide bonds. The van der Waals surface area contributed by atoms with E-state index >= 15 is 0 Å². The third kappa shape index (κ3) is 2.87. The van der Waals surface area contributed by atoms with Crippen molar-refractivity contribution in [1.29, 1.82) is 0 Å². The van der Waals surface area contributed by atoms with Gasteiger partial charge in [-0.05, 0) is 12.5 Å². The van der Waals surface area contributed by atoms with E-state index in [-0.39, 0.29) is 11.4 Å². The lowest BCUT2D eigenvalue weighted by atomic mass is 10.2. The third-order valence-electron chi connectivity index (χ3n) is 2.62. The maximum atomic E-state index is 13.6. The Morgan fingerprint density at radius 1 is 1.55 bits per heavy atom. The van der Waals surface area contributed by atoms with Gasteiger partial charge in [0.2, 0.25) is 0 Å². The summed E-state index contributed by atoms with van der Waals surface area (Å²) in [6, 6.07) is 1.99. The largest absolute Gasteiger partial charge is 0.478 e. The molecule has 6 nitrogen and oxygen atoms in total. The summed E-state index contributed by atoms with van der Waals surface area (Å²) in [4.78, 5) is 10.8. The van der Waals surface area contributed by atoms with E-state index in [9.17, 15) is 9.18 Å². The average molecular weight is 279 g/mol. The molecule has 0 radical (unpaired) electrons. The van der Waals surface area contributed by atoms with Crippen molar-refractivity contribution in [2.24, 2.45) is 0 Å². The molecule has 2 aromatic rings. The number of ether oxygens (including phenoxy) is 1. The number of hydrogen-bond acceptors (Lipinski definition) is 4. The number of aryl methyl sites for hydroxylation is 1. The molecule has 0 fully saturated rings. The first kappa shape index (κ1) is 13.9. The van der Waals surface area contributed by atoms with Gasteiger partial charge in [-0.15, -0.1) is 0 Å². The van der Waals surface area contributed by atoms with Gasteiger partial charge in [0.1, 0.15) is 5.82 Å². The number of hydrogen-bond donors (Lipinski definition) is 2. The van der Waals surface area contributed by atoms with E-state index < -0.39 is 17.3 Å². The predicted octanol–water partition coefficient (Wildman–Crippen LogP) is 2.50. The van der Waals surface area contributed by atoms with Crippen molar-refractivity contribution in [2.75, 3.05) is 5.73 Å². The number of nitrogens with zero attached hydrogens (tertiary/aromatic N) is 2.